The van der Waals surface area contributed by atoms with E-state index in [9.17, 15) is 0 Å². The summed E-state index contributed by atoms with van der Waals surface area (Å²) in [6, 6.07) is 0.666. The van der Waals surface area contributed by atoms with Gasteiger partial charge in [-0.15, -0.1) is 0 Å². The number of aromatic nitrogens is 2. The van der Waals surface area contributed by atoms with E-state index in [4.69, 9.17) is 4.98 Å². The van der Waals surface area contributed by atoms with Crippen molar-refractivity contribution in [2.45, 2.75) is 51.0 Å². The maximum absolute atomic E-state index is 4.74. The van der Waals surface area contributed by atoms with Crippen molar-refractivity contribution in [3.8, 4) is 0 Å². The molecule has 0 amide bonds. The van der Waals surface area contributed by atoms with E-state index in [0.717, 1.165) is 12.3 Å². The zero-order valence-corrected chi connectivity index (χ0v) is 9.34. The van der Waals surface area contributed by atoms with Crippen LogP contribution in [0.3, 0.4) is 0 Å². The van der Waals surface area contributed by atoms with E-state index in [2.05, 4.69) is 17.2 Å². The van der Waals surface area contributed by atoms with Crippen LogP contribution in [0, 0.1) is 6.92 Å². The van der Waals surface area contributed by atoms with Gasteiger partial charge in [0.2, 0.25) is 0 Å². The van der Waals surface area contributed by atoms with Crippen molar-refractivity contribution in [1.29, 1.82) is 0 Å². The Balaban J connectivity index is 1.72. The van der Waals surface area contributed by atoms with Gasteiger partial charge in [-0.05, 0) is 39.2 Å². The van der Waals surface area contributed by atoms with Gasteiger partial charge in [0.25, 0.3) is 0 Å². The van der Waals surface area contributed by atoms with Gasteiger partial charge in [-0.2, -0.15) is 0 Å². The average Bonchev–Trinajstić information content (AvgIpc) is 2.84. The summed E-state index contributed by atoms with van der Waals surface area (Å²) in [6.07, 6.45) is 6.39. The summed E-state index contributed by atoms with van der Waals surface area (Å²) in [4.78, 5) is 8.18. The van der Waals surface area contributed by atoms with Crippen molar-refractivity contribution in [3.63, 3.8) is 0 Å². The molecule has 2 N–H and O–H groups in total. The number of nitrogens with zero attached hydrogens (tertiary/aromatic N) is 1. The molecule has 0 radical (unpaired) electrons. The van der Waals surface area contributed by atoms with Crippen molar-refractivity contribution in [2.24, 2.45) is 0 Å². The molecule has 1 unspecified atom stereocenters. The van der Waals surface area contributed by atoms with Gasteiger partial charge in [0, 0.05) is 24.1 Å². The Kier molecular flexibility index (Phi) is 2.28. The predicted molar refractivity (Wildman–Crippen MR) is 60.0 cm³/mol. The van der Waals surface area contributed by atoms with Crippen LogP contribution in [0.1, 0.15) is 48.8 Å². The predicted octanol–water partition coefficient (Wildman–Crippen LogP) is 1.89. The van der Waals surface area contributed by atoms with E-state index in [1.165, 1.54) is 49.4 Å². The smallest absolute Gasteiger partial charge is 0.109 e. The minimum Gasteiger partial charge on any atom is -0.346 e. The Hall–Kier alpha value is -0.830. The molecular weight excluding hydrogens is 186 g/mol. The van der Waals surface area contributed by atoms with E-state index < -0.39 is 0 Å². The molecule has 1 saturated carbocycles. The van der Waals surface area contributed by atoms with Crippen molar-refractivity contribution in [3.05, 3.63) is 17.2 Å². The fourth-order valence-electron chi connectivity index (χ4n) is 2.43. The lowest BCUT2D eigenvalue weighted by Crippen LogP contribution is -2.24. The Morgan fingerprint density at radius 2 is 2.20 bits per heavy atom. The number of imidazole rings is 1. The Morgan fingerprint density at radius 1 is 1.33 bits per heavy atom. The zero-order chi connectivity index (χ0) is 10.3. The molecule has 0 spiro atoms. The summed E-state index contributed by atoms with van der Waals surface area (Å²) in [5.74, 6) is 1.98. The van der Waals surface area contributed by atoms with Gasteiger partial charge in [0.1, 0.15) is 5.82 Å². The molecule has 15 heavy (non-hydrogen) atoms. The van der Waals surface area contributed by atoms with Gasteiger partial charge in [0.05, 0.1) is 5.69 Å². The van der Waals surface area contributed by atoms with Gasteiger partial charge in [-0.1, -0.05) is 0 Å². The number of nitrogens with one attached hydrogen (secondary N) is 2. The molecule has 1 aromatic heterocycles. The van der Waals surface area contributed by atoms with Crippen LogP contribution in [0.5, 0.6) is 0 Å². The van der Waals surface area contributed by atoms with E-state index in [0.29, 0.717) is 6.04 Å². The van der Waals surface area contributed by atoms with Crippen molar-refractivity contribution in [1.82, 2.24) is 15.3 Å². The molecule has 0 aromatic carbocycles. The number of H-pyrrole nitrogens is 1. The highest BCUT2D eigenvalue weighted by Crippen LogP contribution is 2.38. The standard InChI is InChI=1S/C12H19N3/c1-8-11(7-10-3-2-6-13-10)15-12(14-8)9-4-5-9/h9-10,13H,2-7H2,1H3,(H,14,15). The SMILES string of the molecule is Cc1[nH]c(C2CC2)nc1CC1CCCN1. The molecule has 3 nitrogen and oxygen atoms in total. The quantitative estimate of drug-likeness (QED) is 0.791. The highest BCUT2D eigenvalue weighted by molar-refractivity contribution is 5.19. The molecule has 2 aliphatic rings. The van der Waals surface area contributed by atoms with Crippen molar-refractivity contribution >= 4 is 0 Å². The highest BCUT2D eigenvalue weighted by atomic mass is 15.0. The third-order valence-corrected chi connectivity index (χ3v) is 3.57. The molecule has 1 saturated heterocycles. The lowest BCUT2D eigenvalue weighted by Gasteiger charge is -2.07. The first-order valence-corrected chi connectivity index (χ1v) is 6.11. The van der Waals surface area contributed by atoms with Gasteiger partial charge >= 0.3 is 0 Å². The number of aryl methyl sites for hydroxylation is 1. The van der Waals surface area contributed by atoms with E-state index >= 15 is 0 Å². The molecule has 1 aliphatic carbocycles. The van der Waals surface area contributed by atoms with Crippen molar-refractivity contribution in [2.75, 3.05) is 6.54 Å². The highest BCUT2D eigenvalue weighted by Gasteiger charge is 2.28. The molecular formula is C12H19N3. The first-order chi connectivity index (χ1) is 7.33. The molecule has 82 valence electrons. The third-order valence-electron chi connectivity index (χ3n) is 3.57. The minimum atomic E-state index is 0.666. The van der Waals surface area contributed by atoms with Crippen LogP contribution in [0.2, 0.25) is 0 Å². The minimum absolute atomic E-state index is 0.666. The second-order valence-corrected chi connectivity index (χ2v) is 4.97. The van der Waals surface area contributed by atoms with Crippen LogP contribution in [0.15, 0.2) is 0 Å². The van der Waals surface area contributed by atoms with E-state index in [-0.39, 0.29) is 0 Å². The maximum atomic E-state index is 4.74. The number of hydrogen-bond donors (Lipinski definition) is 2. The Morgan fingerprint density at radius 3 is 2.87 bits per heavy atom. The molecule has 0 bridgehead atoms. The summed E-state index contributed by atoms with van der Waals surface area (Å²) in [6.45, 7) is 3.34. The number of rotatable bonds is 3. The summed E-state index contributed by atoms with van der Waals surface area (Å²) < 4.78 is 0. The van der Waals surface area contributed by atoms with Crippen LogP contribution in [0.25, 0.3) is 0 Å². The van der Waals surface area contributed by atoms with E-state index in [1.54, 1.807) is 0 Å². The average molecular weight is 205 g/mol. The number of hydrogen-bond acceptors (Lipinski definition) is 2. The van der Waals surface area contributed by atoms with Gasteiger partial charge < -0.3 is 10.3 Å². The third kappa shape index (κ3) is 1.93. The molecule has 3 rings (SSSR count). The van der Waals surface area contributed by atoms with E-state index in [1.807, 2.05) is 0 Å². The van der Waals surface area contributed by atoms with Gasteiger partial charge in [0.15, 0.2) is 0 Å². The topological polar surface area (TPSA) is 40.7 Å². The second-order valence-electron chi connectivity index (χ2n) is 4.97. The second kappa shape index (κ2) is 3.63. The fraction of sp³-hybridized carbons (Fsp3) is 0.750. The Bertz CT molecular complexity index is 346. The van der Waals surface area contributed by atoms with Crippen LogP contribution in [-0.4, -0.2) is 22.6 Å². The fourth-order valence-corrected chi connectivity index (χ4v) is 2.43. The zero-order valence-electron chi connectivity index (χ0n) is 9.34. The Labute approximate surface area is 90.7 Å². The largest absolute Gasteiger partial charge is 0.346 e. The first-order valence-electron chi connectivity index (χ1n) is 6.11. The maximum Gasteiger partial charge on any atom is 0.109 e. The molecule has 2 heterocycles. The molecule has 1 aliphatic heterocycles. The summed E-state index contributed by atoms with van der Waals surface area (Å²) in [5, 5.41) is 3.53. The summed E-state index contributed by atoms with van der Waals surface area (Å²) in [7, 11) is 0. The van der Waals surface area contributed by atoms with Crippen LogP contribution >= 0.6 is 0 Å². The van der Waals surface area contributed by atoms with Gasteiger partial charge in [-0.25, -0.2) is 4.98 Å². The van der Waals surface area contributed by atoms with Crippen LogP contribution in [-0.2, 0) is 6.42 Å². The summed E-state index contributed by atoms with van der Waals surface area (Å²) in [5.41, 5.74) is 2.57. The first kappa shape index (κ1) is 9.40. The lowest BCUT2D eigenvalue weighted by atomic mass is 10.1. The number of aromatic amines is 1. The summed E-state index contributed by atoms with van der Waals surface area (Å²) >= 11 is 0. The molecule has 2 fully saturated rings. The van der Waals surface area contributed by atoms with Crippen LogP contribution in [0.4, 0.5) is 0 Å². The molecule has 3 heteroatoms. The van der Waals surface area contributed by atoms with Gasteiger partial charge in [-0.3, -0.25) is 0 Å². The molecule has 1 aromatic rings. The molecule has 1 atom stereocenters. The van der Waals surface area contributed by atoms with Crippen LogP contribution < -0.4 is 5.32 Å². The normalized spacial score (nSPS) is 26.1. The lowest BCUT2D eigenvalue weighted by molar-refractivity contribution is 0.594. The van der Waals surface area contributed by atoms with Crippen molar-refractivity contribution < 1.29 is 0 Å². The monoisotopic (exact) mass is 205 g/mol.